The topological polar surface area (TPSA) is 105 Å². The van der Waals surface area contributed by atoms with Crippen molar-refractivity contribution >= 4 is 23.4 Å². The van der Waals surface area contributed by atoms with E-state index in [1.54, 1.807) is 45.3 Å². The van der Waals surface area contributed by atoms with Crippen LogP contribution in [0.15, 0.2) is 39.3 Å². The van der Waals surface area contributed by atoms with Gasteiger partial charge in [-0.15, -0.1) is 10.2 Å². The number of rotatable bonds is 4. The summed E-state index contributed by atoms with van der Waals surface area (Å²) in [7, 11) is 0. The molecule has 2 atom stereocenters. The Bertz CT molecular complexity index is 774. The maximum atomic E-state index is 12.5. The summed E-state index contributed by atoms with van der Waals surface area (Å²) in [6.45, 7) is 5.05. The third-order valence-electron chi connectivity index (χ3n) is 3.49. The Balaban J connectivity index is 1.70. The first kappa shape index (κ1) is 16.6. The van der Waals surface area contributed by atoms with E-state index in [0.29, 0.717) is 18.0 Å². The lowest BCUT2D eigenvalue weighted by Gasteiger charge is -2.28. The molecule has 0 aliphatic carbocycles. The van der Waals surface area contributed by atoms with Gasteiger partial charge in [0.15, 0.2) is 5.72 Å². The lowest BCUT2D eigenvalue weighted by Crippen LogP contribution is -2.46. The standard InChI is InChI=1S/C15H17N5O3S/c1-9-8-15(3,22)20(19-9)13(21)10(2)24-14-18-17-12(23-14)11-4-6-16-7-5-11/h4-7,10,22H,8H2,1-3H3. The van der Waals surface area contributed by atoms with E-state index in [2.05, 4.69) is 20.3 Å². The fraction of sp³-hybridized carbons (Fsp3) is 0.400. The van der Waals surface area contributed by atoms with Crippen LogP contribution in [0.4, 0.5) is 0 Å². The smallest absolute Gasteiger partial charge is 0.277 e. The van der Waals surface area contributed by atoms with Crippen LogP contribution >= 0.6 is 11.8 Å². The van der Waals surface area contributed by atoms with Gasteiger partial charge in [0.05, 0.1) is 5.25 Å². The van der Waals surface area contributed by atoms with Crippen LogP contribution in [0.25, 0.3) is 11.5 Å². The number of carbonyl (C=O) groups excluding carboxylic acids is 1. The zero-order chi connectivity index (χ0) is 17.3. The van der Waals surface area contributed by atoms with E-state index in [1.807, 2.05) is 0 Å². The van der Waals surface area contributed by atoms with Crippen LogP contribution in [-0.2, 0) is 4.79 Å². The molecule has 0 spiro atoms. The number of hydrogen-bond donors (Lipinski definition) is 1. The molecule has 0 aromatic carbocycles. The molecular formula is C15H17N5O3S. The van der Waals surface area contributed by atoms with Gasteiger partial charge in [-0.3, -0.25) is 9.78 Å². The Morgan fingerprint density at radius 2 is 2.12 bits per heavy atom. The van der Waals surface area contributed by atoms with Crippen LogP contribution in [0.3, 0.4) is 0 Å². The maximum Gasteiger partial charge on any atom is 0.277 e. The number of nitrogens with zero attached hydrogens (tertiary/aromatic N) is 5. The van der Waals surface area contributed by atoms with Crippen molar-refractivity contribution in [2.24, 2.45) is 5.10 Å². The quantitative estimate of drug-likeness (QED) is 0.843. The predicted molar refractivity (Wildman–Crippen MR) is 88.0 cm³/mol. The lowest BCUT2D eigenvalue weighted by atomic mass is 10.1. The van der Waals surface area contributed by atoms with Crippen LogP contribution in [0.5, 0.6) is 0 Å². The molecule has 2 aromatic heterocycles. The SMILES string of the molecule is CC1=NN(C(=O)C(C)Sc2nnc(-c3ccncc3)o2)C(C)(O)C1. The lowest BCUT2D eigenvalue weighted by molar-refractivity contribution is -0.151. The van der Waals surface area contributed by atoms with Gasteiger partial charge in [-0.25, -0.2) is 5.01 Å². The van der Waals surface area contributed by atoms with E-state index in [4.69, 9.17) is 4.42 Å². The van der Waals surface area contributed by atoms with Crippen LogP contribution in [-0.4, -0.2) is 47.9 Å². The number of thioether (sulfide) groups is 1. The molecule has 9 heteroatoms. The maximum absolute atomic E-state index is 12.5. The fourth-order valence-electron chi connectivity index (χ4n) is 2.40. The van der Waals surface area contributed by atoms with Crippen LogP contribution in [0.2, 0.25) is 0 Å². The van der Waals surface area contributed by atoms with Crippen molar-refractivity contribution in [3.8, 4) is 11.5 Å². The van der Waals surface area contributed by atoms with Crippen molar-refractivity contribution in [1.82, 2.24) is 20.2 Å². The van der Waals surface area contributed by atoms with Gasteiger partial charge in [0.2, 0.25) is 5.89 Å². The third-order valence-corrected chi connectivity index (χ3v) is 4.41. The molecule has 8 nitrogen and oxygen atoms in total. The normalized spacial score (nSPS) is 21.7. The van der Waals surface area contributed by atoms with Crippen molar-refractivity contribution in [2.75, 3.05) is 0 Å². The monoisotopic (exact) mass is 347 g/mol. The summed E-state index contributed by atoms with van der Waals surface area (Å²) in [4.78, 5) is 16.5. The molecule has 0 saturated carbocycles. The minimum absolute atomic E-state index is 0.280. The van der Waals surface area contributed by atoms with Crippen LogP contribution < -0.4 is 0 Å². The second-order valence-corrected chi connectivity index (χ2v) is 7.04. The molecule has 1 amide bonds. The number of hydrazone groups is 1. The van der Waals surface area contributed by atoms with Gasteiger partial charge in [-0.1, -0.05) is 11.8 Å². The van der Waals surface area contributed by atoms with E-state index in [0.717, 1.165) is 22.3 Å². The number of carbonyl (C=O) groups is 1. The van der Waals surface area contributed by atoms with Crippen molar-refractivity contribution in [3.63, 3.8) is 0 Å². The summed E-state index contributed by atoms with van der Waals surface area (Å²) < 4.78 is 5.57. The number of aliphatic hydroxyl groups is 1. The van der Waals surface area contributed by atoms with E-state index < -0.39 is 11.0 Å². The Morgan fingerprint density at radius 1 is 1.42 bits per heavy atom. The highest BCUT2D eigenvalue weighted by molar-refractivity contribution is 8.00. The van der Waals surface area contributed by atoms with Crippen molar-refractivity contribution < 1.29 is 14.3 Å². The first-order chi connectivity index (χ1) is 11.4. The zero-order valence-electron chi connectivity index (χ0n) is 13.5. The molecule has 0 fully saturated rings. The number of pyridine rings is 1. The molecule has 1 aliphatic heterocycles. The van der Waals surface area contributed by atoms with Crippen LogP contribution in [0.1, 0.15) is 27.2 Å². The van der Waals surface area contributed by atoms with E-state index in [9.17, 15) is 9.90 Å². The summed E-state index contributed by atoms with van der Waals surface area (Å²) in [6.07, 6.45) is 3.60. The summed E-state index contributed by atoms with van der Waals surface area (Å²) in [5.41, 5.74) is 0.168. The van der Waals surface area contributed by atoms with Crippen molar-refractivity contribution in [1.29, 1.82) is 0 Å². The predicted octanol–water partition coefficient (Wildman–Crippen LogP) is 1.93. The minimum Gasteiger partial charge on any atom is -0.411 e. The Morgan fingerprint density at radius 3 is 2.75 bits per heavy atom. The number of hydrogen-bond acceptors (Lipinski definition) is 8. The van der Waals surface area contributed by atoms with Crippen molar-refractivity contribution in [3.05, 3.63) is 24.5 Å². The molecule has 2 aromatic rings. The number of aromatic nitrogens is 3. The Labute approximate surface area is 143 Å². The summed E-state index contributed by atoms with van der Waals surface area (Å²) in [6, 6.07) is 3.52. The zero-order valence-corrected chi connectivity index (χ0v) is 14.3. The molecule has 2 unspecified atom stereocenters. The molecule has 24 heavy (non-hydrogen) atoms. The fourth-order valence-corrected chi connectivity index (χ4v) is 3.12. The molecule has 0 saturated heterocycles. The Kier molecular flexibility index (Phi) is 4.37. The van der Waals surface area contributed by atoms with Gasteiger partial charge in [0.1, 0.15) is 0 Å². The molecular weight excluding hydrogens is 330 g/mol. The molecule has 1 N–H and O–H groups in total. The van der Waals surface area contributed by atoms with Gasteiger partial charge < -0.3 is 9.52 Å². The van der Waals surface area contributed by atoms with E-state index in [1.165, 1.54) is 0 Å². The second kappa shape index (κ2) is 6.33. The highest BCUT2D eigenvalue weighted by Crippen LogP contribution is 2.31. The first-order valence-electron chi connectivity index (χ1n) is 7.38. The van der Waals surface area contributed by atoms with E-state index >= 15 is 0 Å². The second-order valence-electron chi connectivity index (χ2n) is 5.75. The largest absolute Gasteiger partial charge is 0.411 e. The highest BCUT2D eigenvalue weighted by atomic mass is 32.2. The average Bonchev–Trinajstić information content (AvgIpc) is 3.11. The number of amides is 1. The van der Waals surface area contributed by atoms with Gasteiger partial charge in [-0.2, -0.15) is 5.10 Å². The van der Waals surface area contributed by atoms with Crippen LogP contribution in [0, 0.1) is 0 Å². The molecule has 3 rings (SSSR count). The third kappa shape index (κ3) is 3.31. The minimum atomic E-state index is -1.30. The molecule has 0 radical (unpaired) electrons. The summed E-state index contributed by atoms with van der Waals surface area (Å²) >= 11 is 1.13. The molecule has 3 heterocycles. The average molecular weight is 347 g/mol. The van der Waals surface area contributed by atoms with Gasteiger partial charge in [0.25, 0.3) is 11.1 Å². The van der Waals surface area contributed by atoms with E-state index in [-0.39, 0.29) is 11.1 Å². The molecule has 126 valence electrons. The van der Waals surface area contributed by atoms with Gasteiger partial charge in [-0.05, 0) is 32.9 Å². The molecule has 0 bridgehead atoms. The first-order valence-corrected chi connectivity index (χ1v) is 8.26. The summed E-state index contributed by atoms with van der Waals surface area (Å²) in [5, 5.41) is 23.2. The highest BCUT2D eigenvalue weighted by Gasteiger charge is 2.41. The van der Waals surface area contributed by atoms with Gasteiger partial charge in [0, 0.05) is 30.1 Å². The summed E-state index contributed by atoms with van der Waals surface area (Å²) in [5.74, 6) is 0.0482. The molecule has 1 aliphatic rings. The Hall–Kier alpha value is -2.26. The van der Waals surface area contributed by atoms with Crippen molar-refractivity contribution in [2.45, 2.75) is 43.4 Å². The van der Waals surface area contributed by atoms with Gasteiger partial charge >= 0.3 is 0 Å².